The number of para-hydroxylation sites is 1. The number of nitrogens with zero attached hydrogens (tertiary/aromatic N) is 2. The summed E-state index contributed by atoms with van der Waals surface area (Å²) in [6.45, 7) is 8.28. The van der Waals surface area contributed by atoms with Crippen LogP contribution in [0.5, 0.6) is 5.75 Å². The summed E-state index contributed by atoms with van der Waals surface area (Å²) in [5.41, 5.74) is 9.45. The topological polar surface area (TPSA) is 138 Å². The first-order chi connectivity index (χ1) is 18.8. The third-order valence-electron chi connectivity index (χ3n) is 7.20. The molecule has 2 aromatic carbocycles. The summed E-state index contributed by atoms with van der Waals surface area (Å²) in [5, 5.41) is 24.6. The molecule has 2 aromatic rings. The van der Waals surface area contributed by atoms with Crippen LogP contribution in [0.2, 0.25) is 0 Å². The predicted molar refractivity (Wildman–Crippen MR) is 155 cm³/mol. The zero-order valence-corrected chi connectivity index (χ0v) is 24.6. The van der Waals surface area contributed by atoms with Crippen molar-refractivity contribution in [1.82, 2.24) is 10.4 Å². The molecule has 10 nitrogen and oxygen atoms in total. The Morgan fingerprint density at radius 3 is 2.48 bits per heavy atom. The molecule has 0 aliphatic carbocycles. The van der Waals surface area contributed by atoms with Crippen LogP contribution < -0.4 is 20.7 Å². The highest BCUT2D eigenvalue weighted by molar-refractivity contribution is 5.97. The maximum absolute atomic E-state index is 13.1. The number of nitrogens with two attached hydrogens (primary N) is 1. The number of nitrogens with one attached hydrogen (secondary N) is 1. The maximum atomic E-state index is 13.1. The smallest absolute Gasteiger partial charge is 0.251 e. The highest BCUT2D eigenvalue weighted by Gasteiger charge is 2.48. The Labute approximate surface area is 237 Å². The van der Waals surface area contributed by atoms with Crippen LogP contribution in [0, 0.1) is 11.3 Å². The highest BCUT2D eigenvalue weighted by atomic mass is 16.7. The van der Waals surface area contributed by atoms with Gasteiger partial charge < -0.3 is 30.9 Å². The van der Waals surface area contributed by atoms with Gasteiger partial charge in [-0.1, -0.05) is 39.0 Å². The van der Waals surface area contributed by atoms with Crippen LogP contribution >= 0.6 is 0 Å². The first-order valence-electron chi connectivity index (χ1n) is 13.6. The molecule has 5 N–H and O–H groups in total. The van der Waals surface area contributed by atoms with E-state index >= 15 is 0 Å². The van der Waals surface area contributed by atoms with Gasteiger partial charge in [0.25, 0.3) is 5.91 Å². The van der Waals surface area contributed by atoms with E-state index in [0.717, 1.165) is 23.2 Å². The molecule has 40 heavy (non-hydrogen) atoms. The van der Waals surface area contributed by atoms with Crippen LogP contribution in [0.3, 0.4) is 0 Å². The molecule has 1 aliphatic heterocycles. The number of carbonyl (C=O) groups excluding carboxylic acids is 2. The number of anilines is 1. The molecule has 1 heterocycles. The zero-order chi connectivity index (χ0) is 29.8. The molecule has 0 bridgehead atoms. The van der Waals surface area contributed by atoms with Crippen molar-refractivity contribution >= 4 is 17.5 Å². The van der Waals surface area contributed by atoms with E-state index in [0.29, 0.717) is 23.4 Å². The molecule has 4 atom stereocenters. The van der Waals surface area contributed by atoms with Crippen LogP contribution in [0.25, 0.3) is 11.1 Å². The fourth-order valence-corrected chi connectivity index (χ4v) is 5.06. The van der Waals surface area contributed by atoms with Crippen molar-refractivity contribution in [2.75, 3.05) is 39.3 Å². The summed E-state index contributed by atoms with van der Waals surface area (Å²) in [6, 6.07) is 10.4. The molecule has 0 spiro atoms. The molecule has 0 aromatic heterocycles. The molecule has 2 amide bonds. The van der Waals surface area contributed by atoms with Crippen molar-refractivity contribution in [3.8, 4) is 16.9 Å². The summed E-state index contributed by atoms with van der Waals surface area (Å²) in [6.07, 6.45) is -0.843. The standard InChI is InChI=1S/C30H44N4O6/c1-18(36)25-24(17-35)40-34(26(25)28(31)37)16-19-9-8-10-23(27(19)39-7)20-13-21(15-22(14-20)33(5)6)29(38)32-12-11-30(2,3)4/h8-10,13-15,18,24-26,35-36H,11-12,16-17H2,1-7H3,(H2,31,37)(H,32,38)/t18-,24-,25+,26-/m0/s1. The minimum absolute atomic E-state index is 0.108. The summed E-state index contributed by atoms with van der Waals surface area (Å²) in [4.78, 5) is 33.3. The lowest BCUT2D eigenvalue weighted by Crippen LogP contribution is -2.47. The number of aliphatic hydroxyl groups is 2. The number of aliphatic hydroxyl groups excluding tert-OH is 2. The van der Waals surface area contributed by atoms with Gasteiger partial charge in [0.05, 0.1) is 26.4 Å². The van der Waals surface area contributed by atoms with Crippen molar-refractivity contribution in [3.63, 3.8) is 0 Å². The molecular formula is C30H44N4O6. The Kier molecular flexibility index (Phi) is 10.2. The monoisotopic (exact) mass is 556 g/mol. The molecule has 3 rings (SSSR count). The summed E-state index contributed by atoms with van der Waals surface area (Å²) >= 11 is 0. The summed E-state index contributed by atoms with van der Waals surface area (Å²) in [7, 11) is 5.39. The van der Waals surface area contributed by atoms with Gasteiger partial charge in [0, 0.05) is 48.9 Å². The van der Waals surface area contributed by atoms with E-state index in [9.17, 15) is 19.8 Å². The minimum Gasteiger partial charge on any atom is -0.496 e. The molecule has 0 radical (unpaired) electrons. The van der Waals surface area contributed by atoms with E-state index in [1.165, 1.54) is 5.06 Å². The maximum Gasteiger partial charge on any atom is 0.251 e. The average Bonchev–Trinajstić information content (AvgIpc) is 3.26. The number of amides is 2. The molecule has 1 saturated heterocycles. The normalized spacial score (nSPS) is 20.3. The van der Waals surface area contributed by atoms with Gasteiger partial charge in [0.1, 0.15) is 17.9 Å². The van der Waals surface area contributed by atoms with Crippen molar-refractivity contribution in [3.05, 3.63) is 47.5 Å². The number of hydrogen-bond donors (Lipinski definition) is 4. The van der Waals surface area contributed by atoms with Crippen LogP contribution in [-0.4, -0.2) is 79.7 Å². The molecule has 1 aliphatic rings. The molecule has 10 heteroatoms. The Morgan fingerprint density at radius 1 is 1.23 bits per heavy atom. The Bertz CT molecular complexity index is 1190. The summed E-state index contributed by atoms with van der Waals surface area (Å²) in [5.74, 6) is -0.950. The quantitative estimate of drug-likeness (QED) is 0.331. The van der Waals surface area contributed by atoms with Gasteiger partial charge in [0.2, 0.25) is 5.91 Å². The fourth-order valence-electron chi connectivity index (χ4n) is 5.06. The highest BCUT2D eigenvalue weighted by Crippen LogP contribution is 2.38. The van der Waals surface area contributed by atoms with E-state index in [2.05, 4.69) is 26.1 Å². The molecular weight excluding hydrogens is 512 g/mol. The number of benzene rings is 2. The molecule has 220 valence electrons. The second-order valence-corrected chi connectivity index (χ2v) is 11.8. The lowest BCUT2D eigenvalue weighted by Gasteiger charge is -2.25. The first kappa shape index (κ1) is 31.3. The third kappa shape index (κ3) is 7.31. The van der Waals surface area contributed by atoms with Crippen LogP contribution in [-0.2, 0) is 16.2 Å². The van der Waals surface area contributed by atoms with Crippen molar-refractivity contribution in [1.29, 1.82) is 0 Å². The SMILES string of the molecule is COc1c(CN2O[C@@H](CO)[C@@H]([C@H](C)O)[C@H]2C(N)=O)cccc1-c1cc(C(=O)NCCC(C)(C)C)cc(N(C)C)c1. The number of hydroxylamine groups is 2. The van der Waals surface area contributed by atoms with Gasteiger partial charge in [-0.2, -0.15) is 5.06 Å². The van der Waals surface area contributed by atoms with Crippen molar-refractivity contribution in [2.45, 2.75) is 58.9 Å². The van der Waals surface area contributed by atoms with Gasteiger partial charge >= 0.3 is 0 Å². The van der Waals surface area contributed by atoms with Crippen molar-refractivity contribution < 1.29 is 29.4 Å². The van der Waals surface area contributed by atoms with E-state index < -0.39 is 30.1 Å². The summed E-state index contributed by atoms with van der Waals surface area (Å²) < 4.78 is 5.86. The Balaban J connectivity index is 1.99. The second kappa shape index (κ2) is 13.0. The number of carbonyl (C=O) groups is 2. The number of primary amides is 1. The Hall–Kier alpha value is -3.18. The number of rotatable bonds is 11. The number of hydrogen-bond acceptors (Lipinski definition) is 8. The fraction of sp³-hybridized carbons (Fsp3) is 0.533. The molecule has 0 saturated carbocycles. The number of methoxy groups -OCH3 is 1. The van der Waals surface area contributed by atoms with Gasteiger partial charge in [-0.05, 0) is 42.5 Å². The van der Waals surface area contributed by atoms with Crippen LogP contribution in [0.4, 0.5) is 5.69 Å². The largest absolute Gasteiger partial charge is 0.496 e. The molecule has 0 unspecified atom stereocenters. The average molecular weight is 557 g/mol. The lowest BCUT2D eigenvalue weighted by atomic mass is 9.89. The van der Waals surface area contributed by atoms with Crippen LogP contribution in [0.1, 0.15) is 50.0 Å². The minimum atomic E-state index is -0.939. The van der Waals surface area contributed by atoms with E-state index in [4.69, 9.17) is 15.3 Å². The van der Waals surface area contributed by atoms with Gasteiger partial charge in [-0.15, -0.1) is 0 Å². The second-order valence-electron chi connectivity index (χ2n) is 11.8. The Morgan fingerprint density at radius 2 is 1.93 bits per heavy atom. The third-order valence-corrected chi connectivity index (χ3v) is 7.20. The van der Waals surface area contributed by atoms with Gasteiger partial charge in [-0.3, -0.25) is 14.4 Å². The lowest BCUT2D eigenvalue weighted by molar-refractivity contribution is -0.181. The van der Waals surface area contributed by atoms with Crippen molar-refractivity contribution in [2.24, 2.45) is 17.1 Å². The number of ether oxygens (including phenoxy) is 1. The predicted octanol–water partition coefficient (Wildman–Crippen LogP) is 2.55. The van der Waals surface area contributed by atoms with Gasteiger partial charge in [-0.25, -0.2) is 0 Å². The zero-order valence-electron chi connectivity index (χ0n) is 24.6. The van der Waals surface area contributed by atoms with E-state index in [-0.39, 0.29) is 24.5 Å². The van der Waals surface area contributed by atoms with Gasteiger partial charge in [0.15, 0.2) is 0 Å². The van der Waals surface area contributed by atoms with E-state index in [1.807, 2.05) is 55.4 Å². The van der Waals surface area contributed by atoms with Crippen LogP contribution in [0.15, 0.2) is 36.4 Å². The first-order valence-corrected chi connectivity index (χ1v) is 13.6. The van der Waals surface area contributed by atoms with E-state index in [1.54, 1.807) is 14.0 Å². The molecule has 1 fully saturated rings.